The van der Waals surface area contributed by atoms with E-state index >= 15 is 0 Å². The van der Waals surface area contributed by atoms with Crippen LogP contribution in [0.5, 0.6) is 0 Å². The van der Waals surface area contributed by atoms with Gasteiger partial charge in [-0.1, -0.05) is 13.8 Å². The van der Waals surface area contributed by atoms with Crippen molar-refractivity contribution in [3.05, 3.63) is 0 Å². The van der Waals surface area contributed by atoms with E-state index in [0.29, 0.717) is 19.1 Å². The summed E-state index contributed by atoms with van der Waals surface area (Å²) in [5.74, 6) is 0.821. The zero-order valence-corrected chi connectivity index (χ0v) is 20.7. The SMILES string of the molecule is CCN(CC)C1CCN(C(=NC)NCCS(=O)(=O)NCC2CCCCO2)C1.I. The third-order valence-electron chi connectivity index (χ3n) is 5.46. The third kappa shape index (κ3) is 8.29. The highest BCUT2D eigenvalue weighted by molar-refractivity contribution is 14.0. The van der Waals surface area contributed by atoms with Gasteiger partial charge >= 0.3 is 0 Å². The van der Waals surface area contributed by atoms with Gasteiger partial charge in [0.15, 0.2) is 5.96 Å². The van der Waals surface area contributed by atoms with E-state index in [-0.39, 0.29) is 35.8 Å². The van der Waals surface area contributed by atoms with Crippen LogP contribution in [0.2, 0.25) is 0 Å². The summed E-state index contributed by atoms with van der Waals surface area (Å²) >= 11 is 0. The van der Waals surface area contributed by atoms with Crippen LogP contribution in [0.4, 0.5) is 0 Å². The van der Waals surface area contributed by atoms with Crippen LogP contribution in [0.1, 0.15) is 39.5 Å². The van der Waals surface area contributed by atoms with Crippen LogP contribution >= 0.6 is 24.0 Å². The Morgan fingerprint density at radius 2 is 2.00 bits per heavy atom. The Morgan fingerprint density at radius 1 is 1.25 bits per heavy atom. The molecule has 10 heteroatoms. The van der Waals surface area contributed by atoms with Gasteiger partial charge in [0.25, 0.3) is 0 Å². The summed E-state index contributed by atoms with van der Waals surface area (Å²) in [6.07, 6.45) is 4.22. The van der Waals surface area contributed by atoms with E-state index < -0.39 is 10.0 Å². The number of aliphatic imine (C=N–C) groups is 1. The van der Waals surface area contributed by atoms with Crippen molar-refractivity contribution in [3.63, 3.8) is 0 Å². The van der Waals surface area contributed by atoms with Gasteiger partial charge in [-0.3, -0.25) is 9.89 Å². The van der Waals surface area contributed by atoms with Gasteiger partial charge in [0.1, 0.15) is 0 Å². The first-order chi connectivity index (χ1) is 13.0. The van der Waals surface area contributed by atoms with E-state index in [4.69, 9.17) is 4.74 Å². The normalized spacial score (nSPS) is 23.7. The fourth-order valence-corrected chi connectivity index (χ4v) is 4.82. The van der Waals surface area contributed by atoms with Crippen molar-refractivity contribution in [1.29, 1.82) is 0 Å². The van der Waals surface area contributed by atoms with E-state index in [0.717, 1.165) is 64.4 Å². The standard InChI is InChI=1S/C18H37N5O3S.HI/c1-4-22(5-2)16-9-11-23(15-16)18(19-3)20-10-13-27(24,25)21-14-17-8-6-7-12-26-17;/h16-17,21H,4-15H2,1-3H3,(H,19,20);1H. The molecule has 0 aliphatic carbocycles. The molecule has 2 heterocycles. The average Bonchev–Trinajstić information content (AvgIpc) is 3.15. The largest absolute Gasteiger partial charge is 0.377 e. The molecule has 2 rings (SSSR count). The van der Waals surface area contributed by atoms with Crippen LogP contribution in [0.15, 0.2) is 4.99 Å². The first-order valence-electron chi connectivity index (χ1n) is 10.3. The predicted molar refractivity (Wildman–Crippen MR) is 125 cm³/mol. The molecule has 0 aromatic carbocycles. The molecule has 2 aliphatic rings. The number of rotatable bonds is 9. The minimum atomic E-state index is -3.31. The highest BCUT2D eigenvalue weighted by Crippen LogP contribution is 2.15. The second-order valence-electron chi connectivity index (χ2n) is 7.24. The van der Waals surface area contributed by atoms with Crippen LogP contribution in [-0.2, 0) is 14.8 Å². The Kier molecular flexibility index (Phi) is 12.2. The molecule has 0 spiro atoms. The molecule has 0 aromatic rings. The molecule has 0 amide bonds. The first-order valence-corrected chi connectivity index (χ1v) is 11.9. The van der Waals surface area contributed by atoms with Gasteiger partial charge in [0.2, 0.25) is 10.0 Å². The van der Waals surface area contributed by atoms with Crippen LogP contribution in [0.3, 0.4) is 0 Å². The summed E-state index contributed by atoms with van der Waals surface area (Å²) < 4.78 is 32.7. The number of likely N-dealkylation sites (N-methyl/N-ethyl adjacent to an activating group) is 1. The van der Waals surface area contributed by atoms with Gasteiger partial charge in [-0.2, -0.15) is 0 Å². The molecule has 2 unspecified atom stereocenters. The average molecular weight is 532 g/mol. The number of likely N-dealkylation sites (tertiary alicyclic amines) is 1. The number of nitrogens with zero attached hydrogens (tertiary/aromatic N) is 3. The number of hydrogen-bond donors (Lipinski definition) is 2. The lowest BCUT2D eigenvalue weighted by molar-refractivity contribution is 0.0200. The lowest BCUT2D eigenvalue weighted by atomic mass is 10.1. The molecule has 0 bridgehead atoms. The zero-order valence-electron chi connectivity index (χ0n) is 17.5. The predicted octanol–water partition coefficient (Wildman–Crippen LogP) is 1.08. The summed E-state index contributed by atoms with van der Waals surface area (Å²) in [5, 5.41) is 3.21. The van der Waals surface area contributed by atoms with Crippen LogP contribution in [-0.4, -0.2) is 95.0 Å². The first kappa shape index (κ1) is 25.9. The number of guanidine groups is 1. The highest BCUT2D eigenvalue weighted by atomic mass is 127. The van der Waals surface area contributed by atoms with Crippen molar-refractivity contribution in [2.45, 2.75) is 51.7 Å². The summed E-state index contributed by atoms with van der Waals surface area (Å²) in [6.45, 7) is 9.82. The van der Waals surface area contributed by atoms with Gasteiger partial charge in [0, 0.05) is 45.9 Å². The molecule has 2 N–H and O–H groups in total. The molecule has 0 aromatic heterocycles. The number of halogens is 1. The fraction of sp³-hybridized carbons (Fsp3) is 0.944. The second kappa shape index (κ2) is 13.2. The summed E-state index contributed by atoms with van der Waals surface area (Å²) in [4.78, 5) is 9.02. The Hall–Kier alpha value is -0.170. The quantitative estimate of drug-likeness (QED) is 0.263. The van der Waals surface area contributed by atoms with E-state index in [1.54, 1.807) is 7.05 Å². The molecule has 2 aliphatic heterocycles. The highest BCUT2D eigenvalue weighted by Gasteiger charge is 2.28. The fourth-order valence-electron chi connectivity index (χ4n) is 3.86. The maximum atomic E-state index is 12.2. The van der Waals surface area contributed by atoms with E-state index in [2.05, 4.69) is 38.7 Å². The summed E-state index contributed by atoms with van der Waals surface area (Å²) in [6, 6.07) is 0.541. The molecule has 2 atom stereocenters. The third-order valence-corrected chi connectivity index (χ3v) is 6.81. The molecule has 2 fully saturated rings. The van der Waals surface area contributed by atoms with Crippen LogP contribution in [0, 0.1) is 0 Å². The van der Waals surface area contributed by atoms with Crippen LogP contribution < -0.4 is 10.0 Å². The molecule has 166 valence electrons. The Labute approximate surface area is 187 Å². The minimum Gasteiger partial charge on any atom is -0.377 e. The van der Waals surface area contributed by atoms with Gasteiger partial charge in [-0.05, 0) is 38.8 Å². The Morgan fingerprint density at radius 3 is 2.61 bits per heavy atom. The zero-order chi connectivity index (χ0) is 19.7. The minimum absolute atomic E-state index is 0. The van der Waals surface area contributed by atoms with Gasteiger partial charge in [-0.15, -0.1) is 24.0 Å². The van der Waals surface area contributed by atoms with Gasteiger partial charge in [0.05, 0.1) is 11.9 Å². The van der Waals surface area contributed by atoms with E-state index in [9.17, 15) is 8.42 Å². The summed E-state index contributed by atoms with van der Waals surface area (Å²) in [5.41, 5.74) is 0. The molecular weight excluding hydrogens is 493 g/mol. The lowest BCUT2D eigenvalue weighted by Crippen LogP contribution is -2.45. The van der Waals surface area contributed by atoms with E-state index in [1.165, 1.54) is 0 Å². The molecular formula is C18H38IN5O3S. The lowest BCUT2D eigenvalue weighted by Gasteiger charge is -2.27. The van der Waals surface area contributed by atoms with Crippen molar-refractivity contribution in [3.8, 4) is 0 Å². The molecule has 2 saturated heterocycles. The molecule has 0 saturated carbocycles. The van der Waals surface area contributed by atoms with Gasteiger partial charge < -0.3 is 15.0 Å². The number of hydrogen-bond acceptors (Lipinski definition) is 5. The smallest absolute Gasteiger partial charge is 0.213 e. The monoisotopic (exact) mass is 531 g/mol. The number of ether oxygens (including phenoxy) is 1. The van der Waals surface area contributed by atoms with Crippen molar-refractivity contribution >= 4 is 40.0 Å². The number of nitrogens with one attached hydrogen (secondary N) is 2. The molecule has 8 nitrogen and oxygen atoms in total. The van der Waals surface area contributed by atoms with Crippen molar-refractivity contribution in [1.82, 2.24) is 19.8 Å². The van der Waals surface area contributed by atoms with E-state index in [1.807, 2.05) is 0 Å². The Balaban J connectivity index is 0.00000392. The number of sulfonamides is 1. The summed E-state index contributed by atoms with van der Waals surface area (Å²) in [7, 11) is -1.56. The van der Waals surface area contributed by atoms with Crippen LogP contribution in [0.25, 0.3) is 0 Å². The van der Waals surface area contributed by atoms with Crippen molar-refractivity contribution < 1.29 is 13.2 Å². The molecule has 0 radical (unpaired) electrons. The second-order valence-corrected chi connectivity index (χ2v) is 9.17. The maximum Gasteiger partial charge on any atom is 0.213 e. The Bertz CT molecular complexity index is 566. The maximum absolute atomic E-state index is 12.2. The molecule has 28 heavy (non-hydrogen) atoms. The van der Waals surface area contributed by atoms with Crippen molar-refractivity contribution in [2.75, 3.05) is 58.7 Å². The topological polar surface area (TPSA) is 86.3 Å². The van der Waals surface area contributed by atoms with Crippen molar-refractivity contribution in [2.24, 2.45) is 4.99 Å². The van der Waals surface area contributed by atoms with Gasteiger partial charge in [-0.25, -0.2) is 13.1 Å².